The number of benzene rings is 8. The first-order valence-corrected chi connectivity index (χ1v) is 23.9. The van der Waals surface area contributed by atoms with Gasteiger partial charge in [0.2, 0.25) is 0 Å². The van der Waals surface area contributed by atoms with E-state index in [0.717, 1.165) is 38.3 Å². The van der Waals surface area contributed by atoms with Crippen LogP contribution in [0.4, 0.5) is 11.4 Å². The molecule has 0 bridgehead atoms. The van der Waals surface area contributed by atoms with Crippen LogP contribution < -0.4 is 15.7 Å². The van der Waals surface area contributed by atoms with Gasteiger partial charge in [0.15, 0.2) is 0 Å². The Morgan fingerprint density at radius 2 is 1.30 bits per heavy atom. The summed E-state index contributed by atoms with van der Waals surface area (Å²) in [6.45, 7) is 13.7. The molecule has 0 fully saturated rings. The van der Waals surface area contributed by atoms with Crippen molar-refractivity contribution in [3.8, 4) is 27.4 Å². The summed E-state index contributed by atoms with van der Waals surface area (Å²) in [7, 11) is 0. The Balaban J connectivity index is 1.21. The van der Waals surface area contributed by atoms with Crippen LogP contribution in [0, 0.1) is 0 Å². The predicted octanol–water partition coefficient (Wildman–Crippen LogP) is 15.2. The molecule has 0 radical (unpaired) electrons. The van der Waals surface area contributed by atoms with Gasteiger partial charge in [0.1, 0.15) is 16.2 Å². The van der Waals surface area contributed by atoms with Gasteiger partial charge in [-0.15, -0.1) is 22.7 Å². The van der Waals surface area contributed by atoms with Crippen LogP contribution in [0.25, 0.3) is 102 Å². The van der Waals surface area contributed by atoms with Crippen molar-refractivity contribution in [2.75, 3.05) is 4.81 Å². The molecule has 4 aromatic heterocycles. The summed E-state index contributed by atoms with van der Waals surface area (Å²) in [5.41, 5.74) is 17.6. The Hall–Kier alpha value is -6.67. The molecule has 14 rings (SSSR count). The SMILES string of the molecule is CC(C)(C)c1ccc(N2B3c4cc5nc(-c6ccccc6)sc5cc4-n4c5ccc(C(C)(C)C)cc5c5c6c(oc7ccccc76)c(c3c54)-c3cc4c(cc32)sc2ccccc24)cc1. The van der Waals surface area contributed by atoms with Crippen molar-refractivity contribution >= 4 is 126 Å². The zero-order valence-corrected chi connectivity index (χ0v) is 38.1. The fourth-order valence-electron chi connectivity index (χ4n) is 11.0. The molecule has 0 saturated heterocycles. The summed E-state index contributed by atoms with van der Waals surface area (Å²) >= 11 is 3.66. The van der Waals surface area contributed by atoms with Crippen molar-refractivity contribution in [2.45, 2.75) is 52.4 Å². The van der Waals surface area contributed by atoms with Gasteiger partial charge < -0.3 is 13.8 Å². The lowest BCUT2D eigenvalue weighted by atomic mass is 9.43. The average Bonchev–Trinajstić information content (AvgIpc) is 4.07. The summed E-state index contributed by atoms with van der Waals surface area (Å²) in [6.07, 6.45) is 0. The highest BCUT2D eigenvalue weighted by Crippen LogP contribution is 2.53. The number of rotatable bonds is 2. The number of aromatic nitrogens is 2. The highest BCUT2D eigenvalue weighted by Gasteiger charge is 2.46. The minimum Gasteiger partial charge on any atom is -0.455 e. The predicted molar refractivity (Wildman–Crippen MR) is 276 cm³/mol. The zero-order chi connectivity index (χ0) is 43.0. The molecule has 306 valence electrons. The molecule has 4 nitrogen and oxygen atoms in total. The van der Waals surface area contributed by atoms with Crippen molar-refractivity contribution in [3.63, 3.8) is 0 Å². The van der Waals surface area contributed by atoms with Crippen LogP contribution in [-0.4, -0.2) is 16.4 Å². The van der Waals surface area contributed by atoms with Crippen molar-refractivity contribution in [1.29, 1.82) is 0 Å². The number of nitrogens with zero attached hydrogens (tertiary/aromatic N) is 3. The summed E-state index contributed by atoms with van der Waals surface area (Å²) in [4.78, 5) is 8.04. The lowest BCUT2D eigenvalue weighted by Crippen LogP contribution is -2.60. The molecule has 12 aromatic rings. The molecule has 8 aromatic carbocycles. The van der Waals surface area contributed by atoms with Crippen LogP contribution in [-0.2, 0) is 10.8 Å². The van der Waals surface area contributed by atoms with Gasteiger partial charge in [0.05, 0.1) is 21.3 Å². The number of hydrogen-bond donors (Lipinski definition) is 0. The van der Waals surface area contributed by atoms with E-state index in [9.17, 15) is 0 Å². The second kappa shape index (κ2) is 12.5. The summed E-state index contributed by atoms with van der Waals surface area (Å²) in [6, 6.07) is 54.6. The van der Waals surface area contributed by atoms with Crippen LogP contribution >= 0.6 is 22.7 Å². The van der Waals surface area contributed by atoms with Crippen LogP contribution in [0.2, 0.25) is 0 Å². The number of thiazole rings is 1. The van der Waals surface area contributed by atoms with Gasteiger partial charge >= 0.3 is 6.85 Å². The third-order valence-electron chi connectivity index (χ3n) is 14.1. The molecule has 0 spiro atoms. The molecule has 2 aliphatic heterocycles. The van der Waals surface area contributed by atoms with E-state index in [4.69, 9.17) is 9.40 Å². The van der Waals surface area contributed by atoms with Gasteiger partial charge in [-0.2, -0.15) is 0 Å². The van der Waals surface area contributed by atoms with Crippen molar-refractivity contribution in [2.24, 2.45) is 0 Å². The van der Waals surface area contributed by atoms with E-state index in [0.29, 0.717) is 0 Å². The van der Waals surface area contributed by atoms with Crippen LogP contribution in [0.5, 0.6) is 0 Å². The molecule has 0 N–H and O–H groups in total. The molecular formula is C57H42BN3OS2. The largest absolute Gasteiger partial charge is 0.455 e. The fraction of sp³-hybridized carbons (Fsp3) is 0.140. The highest BCUT2D eigenvalue weighted by atomic mass is 32.1. The number of thiophene rings is 1. The van der Waals surface area contributed by atoms with Crippen LogP contribution in [0.1, 0.15) is 52.7 Å². The van der Waals surface area contributed by atoms with E-state index in [-0.39, 0.29) is 17.7 Å². The zero-order valence-electron chi connectivity index (χ0n) is 36.5. The maximum absolute atomic E-state index is 7.29. The second-order valence-electron chi connectivity index (χ2n) is 19.9. The second-order valence-corrected chi connectivity index (χ2v) is 22.0. The number of anilines is 2. The first-order chi connectivity index (χ1) is 31.0. The molecule has 64 heavy (non-hydrogen) atoms. The topological polar surface area (TPSA) is 34.2 Å². The van der Waals surface area contributed by atoms with Gasteiger partial charge in [-0.3, -0.25) is 0 Å². The number of furan rings is 1. The minimum atomic E-state index is -0.185. The molecule has 0 amide bonds. The number of fused-ring (bicyclic) bond motifs is 17. The Morgan fingerprint density at radius 3 is 2.09 bits per heavy atom. The van der Waals surface area contributed by atoms with Crippen molar-refractivity contribution < 1.29 is 4.42 Å². The van der Waals surface area contributed by atoms with Gasteiger partial charge in [-0.25, -0.2) is 4.98 Å². The van der Waals surface area contributed by atoms with Gasteiger partial charge in [-0.1, -0.05) is 126 Å². The molecule has 6 heterocycles. The lowest BCUT2D eigenvalue weighted by molar-refractivity contribution is 0.590. The number of para-hydroxylation sites is 1. The van der Waals surface area contributed by atoms with Gasteiger partial charge in [-0.05, 0) is 93.5 Å². The Kier molecular flexibility index (Phi) is 7.20. The van der Waals surface area contributed by atoms with Crippen LogP contribution in [0.15, 0.2) is 150 Å². The molecule has 0 unspecified atom stereocenters. The maximum Gasteiger partial charge on any atom is 0.333 e. The summed E-state index contributed by atoms with van der Waals surface area (Å²) in [5.74, 6) is 0. The van der Waals surface area contributed by atoms with E-state index in [1.807, 2.05) is 11.3 Å². The third-order valence-corrected chi connectivity index (χ3v) is 16.3. The summed E-state index contributed by atoms with van der Waals surface area (Å²) < 4.78 is 13.7. The van der Waals surface area contributed by atoms with Crippen LogP contribution in [0.3, 0.4) is 0 Å². The summed E-state index contributed by atoms with van der Waals surface area (Å²) in [5, 5.41) is 8.47. The molecule has 2 aliphatic rings. The van der Waals surface area contributed by atoms with E-state index < -0.39 is 0 Å². The van der Waals surface area contributed by atoms with E-state index in [2.05, 4.69) is 197 Å². The monoisotopic (exact) mass is 859 g/mol. The first-order valence-electron chi connectivity index (χ1n) is 22.3. The molecule has 0 saturated carbocycles. The quantitative estimate of drug-likeness (QED) is 0.162. The van der Waals surface area contributed by atoms with Gasteiger partial charge in [0.25, 0.3) is 0 Å². The maximum atomic E-state index is 7.29. The normalized spacial score (nSPS) is 13.7. The first kappa shape index (κ1) is 36.8. The fourth-order valence-corrected chi connectivity index (χ4v) is 13.1. The Bertz CT molecular complexity index is 3990. The van der Waals surface area contributed by atoms with E-state index >= 15 is 0 Å². The molecular weight excluding hydrogens is 818 g/mol. The molecule has 7 heteroatoms. The Labute approximate surface area is 379 Å². The molecule has 0 aliphatic carbocycles. The molecule has 0 atom stereocenters. The highest BCUT2D eigenvalue weighted by molar-refractivity contribution is 7.26. The van der Waals surface area contributed by atoms with Crippen molar-refractivity contribution in [3.05, 3.63) is 157 Å². The third kappa shape index (κ3) is 4.91. The minimum absolute atomic E-state index is 0.0181. The average molecular weight is 860 g/mol. The number of hydrogen-bond acceptors (Lipinski definition) is 5. The van der Waals surface area contributed by atoms with Gasteiger partial charge in [0, 0.05) is 75.5 Å². The Morgan fingerprint density at radius 1 is 0.578 bits per heavy atom. The lowest BCUT2D eigenvalue weighted by Gasteiger charge is -2.42. The standard InChI is InChI=1S/C57H42BN3OS2/c1-56(2,3)32-20-23-34(24-21-32)61-43-29-47-37(35-16-11-13-19-46(35)63-47)27-39(43)51-52-53-49(50-36-17-10-12-18-45(36)62-54(50)51)38-26-33(57(4,5)6)22-25-42(38)60(53)44-30-48-41(28-40(44)58(52)61)59-55(64-48)31-14-8-7-9-15-31/h7-30H,1-6H3. The smallest absolute Gasteiger partial charge is 0.333 e. The van der Waals surface area contributed by atoms with E-state index in [1.165, 1.54) is 96.6 Å². The van der Waals surface area contributed by atoms with E-state index in [1.54, 1.807) is 11.3 Å². The van der Waals surface area contributed by atoms with Crippen molar-refractivity contribution in [1.82, 2.24) is 9.55 Å².